The van der Waals surface area contributed by atoms with Crippen molar-refractivity contribution in [1.82, 2.24) is 4.90 Å². The maximum absolute atomic E-state index is 9.75. The number of likely N-dealkylation sites (tertiary alicyclic amines) is 1. The zero-order valence-electron chi connectivity index (χ0n) is 9.83. The van der Waals surface area contributed by atoms with Crippen LogP contribution in [0.4, 0.5) is 0 Å². The zero-order chi connectivity index (χ0) is 10.9. The van der Waals surface area contributed by atoms with E-state index in [0.29, 0.717) is 0 Å². The molecule has 0 saturated carbocycles. The predicted octanol–water partition coefficient (Wildman–Crippen LogP) is 0.815. The minimum absolute atomic E-state index is 0.0930. The van der Waals surface area contributed by atoms with Crippen molar-refractivity contribution >= 4 is 0 Å². The molecule has 3 atom stereocenters. The Morgan fingerprint density at radius 1 is 1.43 bits per heavy atom. The van der Waals surface area contributed by atoms with Crippen molar-refractivity contribution in [2.75, 3.05) is 13.1 Å². The maximum atomic E-state index is 9.75. The molecule has 0 spiro atoms. The van der Waals surface area contributed by atoms with Gasteiger partial charge in [0.2, 0.25) is 0 Å². The van der Waals surface area contributed by atoms with E-state index in [1.807, 2.05) is 0 Å². The lowest BCUT2D eigenvalue weighted by atomic mass is 9.88. The number of rotatable bonds is 2. The molecule has 1 heterocycles. The topological polar surface area (TPSA) is 49.5 Å². The third-order valence-electron chi connectivity index (χ3n) is 3.68. The van der Waals surface area contributed by atoms with E-state index in [4.69, 9.17) is 5.73 Å². The van der Waals surface area contributed by atoms with Gasteiger partial charge in [-0.25, -0.2) is 0 Å². The Balaban J connectivity index is 2.66. The average Bonchev–Trinajstić information content (AvgIpc) is 2.13. The molecule has 3 N–H and O–H groups in total. The fourth-order valence-electron chi connectivity index (χ4n) is 2.03. The van der Waals surface area contributed by atoms with Crippen molar-refractivity contribution < 1.29 is 5.11 Å². The number of nitrogens with two attached hydrogens (primary N) is 1. The molecule has 14 heavy (non-hydrogen) atoms. The normalized spacial score (nSPS) is 36.0. The Morgan fingerprint density at radius 3 is 2.43 bits per heavy atom. The van der Waals surface area contributed by atoms with E-state index in [1.165, 1.54) is 0 Å². The first kappa shape index (κ1) is 12.0. The van der Waals surface area contributed by atoms with Gasteiger partial charge in [-0.15, -0.1) is 0 Å². The summed E-state index contributed by atoms with van der Waals surface area (Å²) in [5, 5.41) is 9.75. The summed E-state index contributed by atoms with van der Waals surface area (Å²) >= 11 is 0. The maximum Gasteiger partial charge on any atom is 0.0741 e. The van der Waals surface area contributed by atoms with Gasteiger partial charge in [-0.2, -0.15) is 0 Å². The van der Waals surface area contributed by atoms with Crippen molar-refractivity contribution in [2.45, 2.75) is 51.8 Å². The van der Waals surface area contributed by atoms with Crippen molar-refractivity contribution in [3.05, 3.63) is 0 Å². The first-order valence-corrected chi connectivity index (χ1v) is 5.57. The fourth-order valence-corrected chi connectivity index (χ4v) is 2.03. The number of hydrogen-bond donors (Lipinski definition) is 2. The highest BCUT2D eigenvalue weighted by Crippen LogP contribution is 2.25. The molecule has 3 heteroatoms. The Kier molecular flexibility index (Phi) is 3.56. The Labute approximate surface area is 87.3 Å². The number of nitrogens with zero attached hydrogens (tertiary/aromatic N) is 1. The summed E-state index contributed by atoms with van der Waals surface area (Å²) in [5.74, 6) is 0.282. The molecule has 1 rings (SSSR count). The summed E-state index contributed by atoms with van der Waals surface area (Å²) in [5.41, 5.74) is 6.12. The summed E-state index contributed by atoms with van der Waals surface area (Å²) in [6.07, 6.45) is 0.779. The van der Waals surface area contributed by atoms with Crippen LogP contribution in [-0.4, -0.2) is 40.8 Å². The summed E-state index contributed by atoms with van der Waals surface area (Å²) in [4.78, 5) is 2.40. The monoisotopic (exact) mass is 200 g/mol. The molecule has 0 aromatic heterocycles. The smallest absolute Gasteiger partial charge is 0.0741 e. The van der Waals surface area contributed by atoms with Crippen LogP contribution in [0, 0.1) is 5.92 Å². The molecule has 84 valence electrons. The summed E-state index contributed by atoms with van der Waals surface area (Å²) < 4.78 is 0. The standard InChI is InChI=1S/C11H24N2O/c1-5-11(3,4)13-6-8(2)10(14)9(12)7-13/h8-10,14H,5-7,12H2,1-4H3/t8-,9+,10+/m0/s1. The Morgan fingerprint density at radius 2 is 2.00 bits per heavy atom. The number of aliphatic hydroxyl groups is 1. The summed E-state index contributed by atoms with van der Waals surface area (Å²) in [7, 11) is 0. The molecule has 0 amide bonds. The van der Waals surface area contributed by atoms with E-state index < -0.39 is 0 Å². The van der Waals surface area contributed by atoms with E-state index in [1.54, 1.807) is 0 Å². The van der Waals surface area contributed by atoms with Gasteiger partial charge in [0.15, 0.2) is 0 Å². The average molecular weight is 200 g/mol. The molecule has 0 radical (unpaired) electrons. The highest BCUT2D eigenvalue weighted by Gasteiger charge is 2.36. The SMILES string of the molecule is CCC(C)(C)N1C[C@@H](N)[C@H](O)[C@@H](C)C1. The first-order chi connectivity index (χ1) is 6.38. The third-order valence-corrected chi connectivity index (χ3v) is 3.68. The predicted molar refractivity (Wildman–Crippen MR) is 59.1 cm³/mol. The zero-order valence-corrected chi connectivity index (χ0v) is 9.83. The van der Waals surface area contributed by atoms with Gasteiger partial charge in [0.05, 0.1) is 6.10 Å². The van der Waals surface area contributed by atoms with Gasteiger partial charge < -0.3 is 10.8 Å². The van der Waals surface area contributed by atoms with Crippen LogP contribution in [0.1, 0.15) is 34.1 Å². The molecule has 1 saturated heterocycles. The van der Waals surface area contributed by atoms with Crippen LogP contribution in [0.5, 0.6) is 0 Å². The second-order valence-electron chi connectivity index (χ2n) is 5.20. The molecule has 0 bridgehead atoms. The second kappa shape index (κ2) is 4.17. The van der Waals surface area contributed by atoms with Gasteiger partial charge >= 0.3 is 0 Å². The largest absolute Gasteiger partial charge is 0.391 e. The van der Waals surface area contributed by atoms with E-state index >= 15 is 0 Å². The minimum Gasteiger partial charge on any atom is -0.391 e. The summed E-state index contributed by atoms with van der Waals surface area (Å²) in [6, 6.07) is -0.0930. The fraction of sp³-hybridized carbons (Fsp3) is 1.00. The van der Waals surface area contributed by atoms with Gasteiger partial charge in [-0.1, -0.05) is 13.8 Å². The van der Waals surface area contributed by atoms with Gasteiger partial charge in [0.1, 0.15) is 0 Å². The molecule has 0 aromatic rings. The quantitative estimate of drug-likeness (QED) is 0.693. The molecule has 1 aliphatic rings. The van der Waals surface area contributed by atoms with Crippen LogP contribution in [0.3, 0.4) is 0 Å². The third kappa shape index (κ3) is 2.27. The minimum atomic E-state index is -0.334. The van der Waals surface area contributed by atoms with E-state index in [2.05, 4.69) is 32.6 Å². The van der Waals surface area contributed by atoms with Gasteiger partial charge in [0, 0.05) is 24.7 Å². The van der Waals surface area contributed by atoms with Crippen LogP contribution < -0.4 is 5.73 Å². The van der Waals surface area contributed by atoms with E-state index in [9.17, 15) is 5.11 Å². The van der Waals surface area contributed by atoms with Gasteiger partial charge in [0.25, 0.3) is 0 Å². The molecular formula is C11H24N2O. The highest BCUT2D eigenvalue weighted by molar-refractivity contribution is 4.92. The van der Waals surface area contributed by atoms with Crippen LogP contribution >= 0.6 is 0 Å². The Bertz CT molecular complexity index is 182. The molecule has 1 fully saturated rings. The summed E-state index contributed by atoms with van der Waals surface area (Å²) in [6.45, 7) is 10.5. The van der Waals surface area contributed by atoms with Gasteiger partial charge in [-0.05, 0) is 26.2 Å². The van der Waals surface area contributed by atoms with Crippen molar-refractivity contribution in [1.29, 1.82) is 0 Å². The lowest BCUT2D eigenvalue weighted by Gasteiger charge is -2.46. The number of piperidine rings is 1. The van der Waals surface area contributed by atoms with Crippen molar-refractivity contribution in [3.8, 4) is 0 Å². The lowest BCUT2D eigenvalue weighted by Crippen LogP contribution is -2.60. The molecule has 0 unspecified atom stereocenters. The second-order valence-corrected chi connectivity index (χ2v) is 5.20. The highest BCUT2D eigenvalue weighted by atomic mass is 16.3. The van der Waals surface area contributed by atoms with E-state index in [-0.39, 0.29) is 23.6 Å². The Hall–Kier alpha value is -0.120. The van der Waals surface area contributed by atoms with Gasteiger partial charge in [-0.3, -0.25) is 4.90 Å². The van der Waals surface area contributed by atoms with Crippen molar-refractivity contribution in [3.63, 3.8) is 0 Å². The van der Waals surface area contributed by atoms with Crippen LogP contribution in [0.15, 0.2) is 0 Å². The molecule has 0 aliphatic carbocycles. The van der Waals surface area contributed by atoms with Crippen LogP contribution in [0.2, 0.25) is 0 Å². The number of hydrogen-bond acceptors (Lipinski definition) is 3. The molecular weight excluding hydrogens is 176 g/mol. The van der Waals surface area contributed by atoms with E-state index in [0.717, 1.165) is 19.5 Å². The molecule has 1 aliphatic heterocycles. The lowest BCUT2D eigenvalue weighted by molar-refractivity contribution is -0.0222. The van der Waals surface area contributed by atoms with Crippen LogP contribution in [0.25, 0.3) is 0 Å². The molecule has 3 nitrogen and oxygen atoms in total. The van der Waals surface area contributed by atoms with Crippen molar-refractivity contribution in [2.24, 2.45) is 11.7 Å². The first-order valence-electron chi connectivity index (χ1n) is 5.57. The molecule has 0 aromatic carbocycles. The number of aliphatic hydroxyl groups excluding tert-OH is 1. The van der Waals surface area contributed by atoms with Crippen LogP contribution in [-0.2, 0) is 0 Å².